The van der Waals surface area contributed by atoms with E-state index in [0.29, 0.717) is 0 Å². The van der Waals surface area contributed by atoms with E-state index in [2.05, 4.69) is 11.3 Å². The van der Waals surface area contributed by atoms with Crippen LogP contribution in [0.4, 0.5) is 0 Å². The third kappa shape index (κ3) is 4.51. The van der Waals surface area contributed by atoms with Gasteiger partial charge in [-0.1, -0.05) is 6.08 Å². The molecule has 11 nitrogen and oxygen atoms in total. The lowest BCUT2D eigenvalue weighted by molar-refractivity contribution is -0.339. The summed E-state index contributed by atoms with van der Waals surface area (Å²) in [4.78, 5) is 23.2. The van der Waals surface area contributed by atoms with Crippen LogP contribution >= 0.6 is 0 Å². The first-order valence-corrected chi connectivity index (χ1v) is 8.49. The van der Waals surface area contributed by atoms with Crippen molar-refractivity contribution in [2.45, 2.75) is 43.4 Å². The Morgan fingerprint density at radius 1 is 1.21 bits per heavy atom. The van der Waals surface area contributed by atoms with Crippen LogP contribution < -0.4 is 0 Å². The second-order valence-electron chi connectivity index (χ2n) is 6.42. The van der Waals surface area contributed by atoms with Gasteiger partial charge in [0.25, 0.3) is 0 Å². The lowest BCUT2D eigenvalue weighted by Gasteiger charge is -2.42. The average molecular weight is 404 g/mol. The molecule has 0 radical (unpaired) electrons. The lowest BCUT2D eigenvalue weighted by Crippen LogP contribution is -2.60. The number of carbonyl (C=O) groups excluding carboxylic acids is 1. The van der Waals surface area contributed by atoms with Gasteiger partial charge in [-0.2, -0.15) is 0 Å². The first kappa shape index (κ1) is 22.3. The van der Waals surface area contributed by atoms with Crippen molar-refractivity contribution < 1.29 is 54.1 Å². The van der Waals surface area contributed by atoms with Crippen LogP contribution in [0, 0.1) is 11.8 Å². The van der Waals surface area contributed by atoms with Crippen LogP contribution in [-0.2, 0) is 28.5 Å². The van der Waals surface area contributed by atoms with Crippen molar-refractivity contribution >= 4 is 11.9 Å². The largest absolute Gasteiger partial charge is 0.481 e. The summed E-state index contributed by atoms with van der Waals surface area (Å²) in [7, 11) is 1.14. The molecule has 158 valence electrons. The van der Waals surface area contributed by atoms with Crippen molar-refractivity contribution in [1.29, 1.82) is 0 Å². The summed E-state index contributed by atoms with van der Waals surface area (Å²) in [5.41, 5.74) is -0.0246. The van der Waals surface area contributed by atoms with Gasteiger partial charge >= 0.3 is 11.9 Å². The number of aliphatic hydroxyl groups excluding tert-OH is 4. The van der Waals surface area contributed by atoms with Crippen LogP contribution in [0.5, 0.6) is 0 Å². The zero-order valence-electron chi connectivity index (χ0n) is 15.1. The highest BCUT2D eigenvalue weighted by Crippen LogP contribution is 2.36. The van der Waals surface area contributed by atoms with E-state index in [0.717, 1.165) is 13.4 Å². The van der Waals surface area contributed by atoms with E-state index in [-0.39, 0.29) is 5.57 Å². The molecular weight excluding hydrogens is 380 g/mol. The molecule has 2 heterocycles. The molecule has 1 saturated heterocycles. The summed E-state index contributed by atoms with van der Waals surface area (Å²) < 4.78 is 20.8. The van der Waals surface area contributed by atoms with Crippen LogP contribution in [0.25, 0.3) is 0 Å². The summed E-state index contributed by atoms with van der Waals surface area (Å²) in [5.74, 6) is -3.70. The third-order valence-corrected chi connectivity index (χ3v) is 4.71. The maximum atomic E-state index is 11.9. The van der Waals surface area contributed by atoms with Crippen molar-refractivity contribution in [1.82, 2.24) is 0 Å². The fourth-order valence-electron chi connectivity index (χ4n) is 3.18. The van der Waals surface area contributed by atoms with Gasteiger partial charge in [0.2, 0.25) is 6.29 Å². The number of carboxylic acids is 1. The van der Waals surface area contributed by atoms with Gasteiger partial charge in [-0.3, -0.25) is 4.79 Å². The van der Waals surface area contributed by atoms with Crippen molar-refractivity contribution in [2.24, 2.45) is 11.8 Å². The topological polar surface area (TPSA) is 172 Å². The van der Waals surface area contributed by atoms with Gasteiger partial charge in [-0.05, 0) is 0 Å². The molecule has 0 spiro atoms. The minimum absolute atomic E-state index is 0.0246. The minimum Gasteiger partial charge on any atom is -0.481 e. The fourth-order valence-corrected chi connectivity index (χ4v) is 3.18. The van der Waals surface area contributed by atoms with E-state index in [1.165, 1.54) is 6.08 Å². The number of carbonyl (C=O) groups is 2. The molecule has 28 heavy (non-hydrogen) atoms. The Bertz CT molecular complexity index is 616. The molecule has 8 atom stereocenters. The van der Waals surface area contributed by atoms with Crippen molar-refractivity contribution in [3.05, 3.63) is 24.5 Å². The SMILES string of the molecule is C=C[C@@H]1[C@H](O[C@@H]2O[C@H](CO)[C@@H](O)[C@H](O)[C@H]2O)OC=C(C(=O)OC)[C@H]1CC(=O)O. The van der Waals surface area contributed by atoms with E-state index >= 15 is 0 Å². The highest BCUT2D eigenvalue weighted by Gasteiger charge is 2.47. The smallest absolute Gasteiger partial charge is 0.337 e. The number of esters is 1. The quantitative estimate of drug-likeness (QED) is 0.237. The number of rotatable bonds is 7. The van der Waals surface area contributed by atoms with Gasteiger partial charge in [0.1, 0.15) is 24.4 Å². The summed E-state index contributed by atoms with van der Waals surface area (Å²) in [6.45, 7) is 2.97. The lowest BCUT2D eigenvalue weighted by atomic mass is 9.81. The number of methoxy groups -OCH3 is 1. The van der Waals surface area contributed by atoms with E-state index < -0.39 is 73.8 Å². The molecule has 0 bridgehead atoms. The zero-order valence-corrected chi connectivity index (χ0v) is 15.1. The predicted octanol–water partition coefficient (Wildman–Crippen LogP) is -1.89. The van der Waals surface area contributed by atoms with Crippen LogP contribution in [-0.4, -0.2) is 88.2 Å². The highest BCUT2D eigenvalue weighted by molar-refractivity contribution is 5.89. The van der Waals surface area contributed by atoms with Crippen LogP contribution in [0.15, 0.2) is 24.5 Å². The van der Waals surface area contributed by atoms with Crippen molar-refractivity contribution in [3.63, 3.8) is 0 Å². The first-order chi connectivity index (χ1) is 13.2. The number of carboxylic acid groups (broad SMARTS) is 1. The molecule has 0 saturated carbocycles. The zero-order chi connectivity index (χ0) is 21.0. The molecule has 2 rings (SSSR count). The number of hydrogen-bond donors (Lipinski definition) is 5. The maximum absolute atomic E-state index is 11.9. The molecule has 0 aromatic rings. The van der Waals surface area contributed by atoms with Gasteiger partial charge in [0, 0.05) is 11.8 Å². The molecule has 0 amide bonds. The molecule has 0 aromatic carbocycles. The Kier molecular flexibility index (Phi) is 7.52. The molecule has 0 aromatic heterocycles. The predicted molar refractivity (Wildman–Crippen MR) is 89.3 cm³/mol. The number of ether oxygens (including phenoxy) is 4. The molecule has 0 unspecified atom stereocenters. The molecule has 11 heteroatoms. The monoisotopic (exact) mass is 404 g/mol. The molecular formula is C17H24O11. The normalized spacial score (nSPS) is 38.1. The molecule has 0 aliphatic carbocycles. The van der Waals surface area contributed by atoms with Crippen LogP contribution in [0.1, 0.15) is 6.42 Å². The molecule has 1 fully saturated rings. The van der Waals surface area contributed by atoms with Gasteiger partial charge in [0.15, 0.2) is 6.29 Å². The maximum Gasteiger partial charge on any atom is 0.337 e. The fraction of sp³-hybridized carbons (Fsp3) is 0.647. The van der Waals surface area contributed by atoms with Gasteiger partial charge in [-0.25, -0.2) is 4.79 Å². The van der Waals surface area contributed by atoms with Crippen molar-refractivity contribution in [3.8, 4) is 0 Å². The number of aliphatic hydroxyl groups is 4. The van der Waals surface area contributed by atoms with E-state index in [9.17, 15) is 35.1 Å². The molecule has 2 aliphatic heterocycles. The average Bonchev–Trinajstić information content (AvgIpc) is 2.67. The summed E-state index contributed by atoms with van der Waals surface area (Å²) >= 11 is 0. The summed E-state index contributed by atoms with van der Waals surface area (Å²) in [6, 6.07) is 0. The van der Waals surface area contributed by atoms with E-state index in [4.69, 9.17) is 14.2 Å². The van der Waals surface area contributed by atoms with Gasteiger partial charge < -0.3 is 44.5 Å². The Morgan fingerprint density at radius 3 is 2.43 bits per heavy atom. The Morgan fingerprint density at radius 2 is 1.89 bits per heavy atom. The van der Waals surface area contributed by atoms with Crippen LogP contribution in [0.2, 0.25) is 0 Å². The first-order valence-electron chi connectivity index (χ1n) is 8.49. The van der Waals surface area contributed by atoms with E-state index in [1.807, 2.05) is 0 Å². The minimum atomic E-state index is -1.67. The second kappa shape index (κ2) is 9.45. The number of hydrogen-bond acceptors (Lipinski definition) is 10. The third-order valence-electron chi connectivity index (χ3n) is 4.71. The molecule has 5 N–H and O–H groups in total. The van der Waals surface area contributed by atoms with Gasteiger partial charge in [0.05, 0.1) is 32.0 Å². The summed E-state index contributed by atoms with van der Waals surface area (Å²) in [6.07, 6.45) is -6.91. The number of aliphatic carboxylic acids is 1. The van der Waals surface area contributed by atoms with E-state index in [1.54, 1.807) is 0 Å². The van der Waals surface area contributed by atoms with Crippen molar-refractivity contribution in [2.75, 3.05) is 13.7 Å². The summed E-state index contributed by atoms with van der Waals surface area (Å²) in [5, 5.41) is 48.2. The van der Waals surface area contributed by atoms with Gasteiger partial charge in [-0.15, -0.1) is 6.58 Å². The highest BCUT2D eigenvalue weighted by atomic mass is 16.8. The Labute approximate surface area is 160 Å². The second-order valence-corrected chi connectivity index (χ2v) is 6.42. The Hall–Kier alpha value is -2.02. The standard InChI is InChI=1S/C17H24O11/c1-3-7-8(4-11(19)20)9(15(24)25-2)6-26-16(7)28-17-14(23)13(22)12(21)10(5-18)27-17/h3,6-8,10,12-14,16-18,21-23H,1,4-5H2,2H3,(H,19,20)/t7-,8-,10+,12+,13-,14+,16-,17-/m0/s1. The molecule has 2 aliphatic rings. The Balaban J connectivity index is 2.24. The van der Waals surface area contributed by atoms with Crippen LogP contribution in [0.3, 0.4) is 0 Å².